The fraction of sp³-hybridized carbons (Fsp3) is 0. The van der Waals surface area contributed by atoms with Crippen molar-refractivity contribution in [2.45, 2.75) is 0 Å². The lowest BCUT2D eigenvalue weighted by Gasteiger charge is -2.12. The molecule has 0 bridgehead atoms. The van der Waals surface area contributed by atoms with Gasteiger partial charge in [-0.25, -0.2) is 15.0 Å². The maximum absolute atomic E-state index is 6.69. The quantitative estimate of drug-likeness (QED) is 0.176. The third-order valence-electron chi connectivity index (χ3n) is 9.95. The molecule has 0 aliphatic carbocycles. The highest BCUT2D eigenvalue weighted by molar-refractivity contribution is 6.21. The molecule has 248 valence electrons. The number of nitrogens with zero attached hydrogens (tertiary/aromatic N) is 3. The summed E-state index contributed by atoms with van der Waals surface area (Å²) in [5.74, 6) is 1.81. The Morgan fingerprint density at radius 2 is 0.755 bits per heavy atom. The van der Waals surface area contributed by atoms with Crippen molar-refractivity contribution in [3.8, 4) is 67.5 Å². The van der Waals surface area contributed by atoms with Gasteiger partial charge in [0.05, 0.1) is 0 Å². The number of fused-ring (bicyclic) bond motifs is 5. The topological polar surface area (TPSA) is 51.8 Å². The van der Waals surface area contributed by atoms with E-state index in [1.165, 1.54) is 0 Å². The SMILES string of the molecule is c1ccc(-c2ccc(-c3nc(-c4ccc(-c5ccccc5)cc4)nc(-c4cc5ccc(-c6ccccc6)cc5c5oc6ccccc6c45)n3)cc2)cc1. The molecule has 10 aromatic rings. The Labute approximate surface area is 306 Å². The second-order valence-electron chi connectivity index (χ2n) is 13.2. The average molecular weight is 678 g/mol. The van der Waals surface area contributed by atoms with Crippen LogP contribution in [0.4, 0.5) is 0 Å². The van der Waals surface area contributed by atoms with Crippen molar-refractivity contribution >= 4 is 32.7 Å². The van der Waals surface area contributed by atoms with E-state index >= 15 is 0 Å². The Morgan fingerprint density at radius 3 is 1.32 bits per heavy atom. The third-order valence-corrected chi connectivity index (χ3v) is 9.95. The van der Waals surface area contributed by atoms with E-state index in [0.717, 1.165) is 82.8 Å². The average Bonchev–Trinajstić information content (AvgIpc) is 3.64. The van der Waals surface area contributed by atoms with Crippen LogP contribution >= 0.6 is 0 Å². The zero-order valence-electron chi connectivity index (χ0n) is 28.6. The molecule has 10 rings (SSSR count). The predicted octanol–water partition coefficient (Wildman–Crippen LogP) is 12.9. The lowest BCUT2D eigenvalue weighted by molar-refractivity contribution is 0.672. The maximum Gasteiger partial charge on any atom is 0.164 e. The van der Waals surface area contributed by atoms with Crippen LogP contribution in [-0.4, -0.2) is 15.0 Å². The fourth-order valence-electron chi connectivity index (χ4n) is 7.23. The van der Waals surface area contributed by atoms with Crippen LogP contribution < -0.4 is 0 Å². The first-order valence-electron chi connectivity index (χ1n) is 17.8. The zero-order chi connectivity index (χ0) is 35.1. The molecule has 2 aromatic heterocycles. The minimum Gasteiger partial charge on any atom is -0.455 e. The van der Waals surface area contributed by atoms with Gasteiger partial charge in [0.1, 0.15) is 11.2 Å². The van der Waals surface area contributed by atoms with E-state index < -0.39 is 0 Å². The molecule has 4 heteroatoms. The van der Waals surface area contributed by atoms with Gasteiger partial charge in [-0.1, -0.05) is 170 Å². The van der Waals surface area contributed by atoms with Gasteiger partial charge in [-0.2, -0.15) is 0 Å². The van der Waals surface area contributed by atoms with Crippen LogP contribution in [-0.2, 0) is 0 Å². The van der Waals surface area contributed by atoms with Gasteiger partial charge in [0.2, 0.25) is 0 Å². The van der Waals surface area contributed by atoms with Gasteiger partial charge in [-0.3, -0.25) is 0 Å². The minimum absolute atomic E-state index is 0.592. The summed E-state index contributed by atoms with van der Waals surface area (Å²) in [5.41, 5.74) is 11.3. The van der Waals surface area contributed by atoms with E-state index in [1.807, 2.05) is 30.3 Å². The van der Waals surface area contributed by atoms with Crippen molar-refractivity contribution in [2.75, 3.05) is 0 Å². The Morgan fingerprint density at radius 1 is 0.321 bits per heavy atom. The van der Waals surface area contributed by atoms with E-state index in [-0.39, 0.29) is 0 Å². The smallest absolute Gasteiger partial charge is 0.164 e. The van der Waals surface area contributed by atoms with Gasteiger partial charge < -0.3 is 4.42 Å². The number of hydrogen-bond acceptors (Lipinski definition) is 4. The lowest BCUT2D eigenvalue weighted by atomic mass is 9.96. The van der Waals surface area contributed by atoms with Gasteiger partial charge in [-0.15, -0.1) is 0 Å². The van der Waals surface area contributed by atoms with Gasteiger partial charge >= 0.3 is 0 Å². The molecule has 0 saturated carbocycles. The van der Waals surface area contributed by atoms with Crippen LogP contribution in [0.25, 0.3) is 100 Å². The van der Waals surface area contributed by atoms with Crippen molar-refractivity contribution in [1.82, 2.24) is 15.0 Å². The summed E-state index contributed by atoms with van der Waals surface area (Å²) in [4.78, 5) is 15.5. The molecule has 0 unspecified atom stereocenters. The normalized spacial score (nSPS) is 11.4. The summed E-state index contributed by atoms with van der Waals surface area (Å²) < 4.78 is 6.69. The lowest BCUT2D eigenvalue weighted by Crippen LogP contribution is -2.00. The Hall–Kier alpha value is -7.17. The largest absolute Gasteiger partial charge is 0.455 e. The molecule has 0 amide bonds. The molecule has 2 heterocycles. The van der Waals surface area contributed by atoms with Gasteiger partial charge in [-0.05, 0) is 57.0 Å². The molecule has 0 N–H and O–H groups in total. The summed E-state index contributed by atoms with van der Waals surface area (Å²) in [5, 5.41) is 4.10. The second-order valence-corrected chi connectivity index (χ2v) is 13.2. The molecule has 4 nitrogen and oxygen atoms in total. The Bertz CT molecular complexity index is 2800. The first kappa shape index (κ1) is 30.6. The highest BCUT2D eigenvalue weighted by Gasteiger charge is 2.21. The molecule has 0 aliphatic heterocycles. The predicted molar refractivity (Wildman–Crippen MR) is 217 cm³/mol. The Kier molecular flexibility index (Phi) is 7.43. The minimum atomic E-state index is 0.592. The Balaban J connectivity index is 1.18. The van der Waals surface area contributed by atoms with Crippen molar-refractivity contribution < 1.29 is 4.42 Å². The van der Waals surface area contributed by atoms with E-state index in [2.05, 4.69) is 158 Å². The summed E-state index contributed by atoms with van der Waals surface area (Å²) in [6.07, 6.45) is 0. The first-order valence-corrected chi connectivity index (χ1v) is 17.8. The summed E-state index contributed by atoms with van der Waals surface area (Å²) in [6.45, 7) is 0. The van der Waals surface area contributed by atoms with Crippen LogP contribution in [0, 0.1) is 0 Å². The van der Waals surface area contributed by atoms with Crippen molar-refractivity contribution in [3.63, 3.8) is 0 Å². The molecular formula is C49H31N3O. The molecule has 0 spiro atoms. The highest BCUT2D eigenvalue weighted by atomic mass is 16.3. The molecule has 8 aromatic carbocycles. The monoisotopic (exact) mass is 677 g/mol. The number of para-hydroxylation sites is 1. The first-order chi connectivity index (χ1) is 26.2. The van der Waals surface area contributed by atoms with Gasteiger partial charge in [0, 0.05) is 32.8 Å². The molecule has 0 radical (unpaired) electrons. The van der Waals surface area contributed by atoms with Crippen molar-refractivity contribution in [2.24, 2.45) is 0 Å². The van der Waals surface area contributed by atoms with Crippen LogP contribution in [0.1, 0.15) is 0 Å². The standard InChI is InChI=1S/C49H31N3O/c1-4-12-32(13-5-1)35-20-24-37(25-21-35)47-50-48(38-26-22-36(23-27-38)33-14-6-2-7-15-33)52-49(51-47)43-31-40-29-28-39(34-16-8-3-9-17-34)30-42(40)46-45(43)41-18-10-11-19-44(41)53-46/h1-31H. The van der Waals surface area contributed by atoms with E-state index in [9.17, 15) is 0 Å². The second kappa shape index (κ2) is 12.9. The highest BCUT2D eigenvalue weighted by Crippen LogP contribution is 2.42. The summed E-state index contributed by atoms with van der Waals surface area (Å²) in [6, 6.07) is 65.1. The summed E-state index contributed by atoms with van der Waals surface area (Å²) in [7, 11) is 0. The summed E-state index contributed by atoms with van der Waals surface area (Å²) >= 11 is 0. The van der Waals surface area contributed by atoms with Crippen LogP contribution in [0.3, 0.4) is 0 Å². The number of benzene rings is 8. The van der Waals surface area contributed by atoms with Gasteiger partial charge in [0.15, 0.2) is 17.5 Å². The number of rotatable bonds is 6. The van der Waals surface area contributed by atoms with Crippen molar-refractivity contribution in [3.05, 3.63) is 188 Å². The van der Waals surface area contributed by atoms with Crippen LogP contribution in [0.15, 0.2) is 192 Å². The molecule has 0 saturated heterocycles. The molecule has 0 fully saturated rings. The van der Waals surface area contributed by atoms with E-state index in [0.29, 0.717) is 17.5 Å². The van der Waals surface area contributed by atoms with Crippen molar-refractivity contribution in [1.29, 1.82) is 0 Å². The number of hydrogen-bond donors (Lipinski definition) is 0. The number of aromatic nitrogens is 3. The molecule has 53 heavy (non-hydrogen) atoms. The van der Waals surface area contributed by atoms with Gasteiger partial charge in [0.25, 0.3) is 0 Å². The van der Waals surface area contributed by atoms with E-state index in [1.54, 1.807) is 0 Å². The van der Waals surface area contributed by atoms with Crippen LogP contribution in [0.2, 0.25) is 0 Å². The zero-order valence-corrected chi connectivity index (χ0v) is 28.6. The third kappa shape index (κ3) is 5.63. The maximum atomic E-state index is 6.69. The number of furan rings is 1. The molecule has 0 atom stereocenters. The van der Waals surface area contributed by atoms with E-state index in [4.69, 9.17) is 19.4 Å². The fourth-order valence-corrected chi connectivity index (χ4v) is 7.23. The molecular weight excluding hydrogens is 647 g/mol. The molecule has 0 aliphatic rings. The van der Waals surface area contributed by atoms with Crippen LogP contribution in [0.5, 0.6) is 0 Å².